The molecule has 9 nitrogen and oxygen atoms in total. The molecule has 0 saturated carbocycles. The van der Waals surface area contributed by atoms with E-state index in [1.807, 2.05) is 0 Å². The third-order valence-electron chi connectivity index (χ3n) is 4.22. The Labute approximate surface area is 148 Å². The zero-order valence-corrected chi connectivity index (χ0v) is 13.9. The Morgan fingerprint density at radius 3 is 2.31 bits per heavy atom. The molecular formula is C17H16N6O3. The van der Waals surface area contributed by atoms with Crippen LogP contribution in [0.3, 0.4) is 0 Å². The van der Waals surface area contributed by atoms with Gasteiger partial charge in [0, 0.05) is 38.6 Å². The number of furan rings is 1. The lowest BCUT2D eigenvalue weighted by Gasteiger charge is -2.34. The second-order valence-corrected chi connectivity index (χ2v) is 5.81. The predicted octanol–water partition coefficient (Wildman–Crippen LogP) is 0.853. The van der Waals surface area contributed by atoms with Crippen molar-refractivity contribution >= 4 is 11.8 Å². The van der Waals surface area contributed by atoms with Crippen molar-refractivity contribution < 1.29 is 14.0 Å². The zero-order valence-electron chi connectivity index (χ0n) is 13.9. The molecule has 0 N–H and O–H groups in total. The van der Waals surface area contributed by atoms with Crippen LogP contribution in [-0.4, -0.2) is 67.5 Å². The number of imidazole rings is 1. The molecule has 0 spiro atoms. The molecule has 2 amide bonds. The molecule has 9 heteroatoms. The lowest BCUT2D eigenvalue weighted by Crippen LogP contribution is -2.50. The van der Waals surface area contributed by atoms with Crippen LogP contribution in [0.4, 0.5) is 0 Å². The molecule has 0 aromatic carbocycles. The molecule has 0 bridgehead atoms. The van der Waals surface area contributed by atoms with Crippen LogP contribution in [0.25, 0.3) is 5.82 Å². The van der Waals surface area contributed by atoms with Gasteiger partial charge in [0.15, 0.2) is 17.3 Å². The summed E-state index contributed by atoms with van der Waals surface area (Å²) in [7, 11) is 0. The highest BCUT2D eigenvalue weighted by Gasteiger charge is 2.27. The number of rotatable bonds is 3. The first-order chi connectivity index (χ1) is 12.7. The number of hydrogen-bond acceptors (Lipinski definition) is 6. The molecule has 1 aliphatic rings. The Morgan fingerprint density at radius 2 is 1.73 bits per heavy atom. The van der Waals surface area contributed by atoms with E-state index in [2.05, 4.69) is 15.2 Å². The highest BCUT2D eigenvalue weighted by atomic mass is 16.3. The highest BCUT2D eigenvalue weighted by molar-refractivity contribution is 5.93. The maximum atomic E-state index is 12.6. The van der Waals surface area contributed by atoms with E-state index in [1.54, 1.807) is 57.4 Å². The molecule has 0 unspecified atom stereocenters. The van der Waals surface area contributed by atoms with Gasteiger partial charge in [-0.25, -0.2) is 4.98 Å². The van der Waals surface area contributed by atoms with Gasteiger partial charge in [-0.2, -0.15) is 0 Å². The molecule has 4 rings (SSSR count). The molecule has 26 heavy (non-hydrogen) atoms. The summed E-state index contributed by atoms with van der Waals surface area (Å²) in [6, 6.07) is 6.68. The summed E-state index contributed by atoms with van der Waals surface area (Å²) in [4.78, 5) is 32.1. The van der Waals surface area contributed by atoms with Crippen molar-refractivity contribution in [2.45, 2.75) is 0 Å². The molecule has 1 fully saturated rings. The summed E-state index contributed by atoms with van der Waals surface area (Å²) in [5, 5.41) is 8.08. The van der Waals surface area contributed by atoms with Gasteiger partial charge >= 0.3 is 0 Å². The fourth-order valence-corrected chi connectivity index (χ4v) is 2.80. The molecule has 132 valence electrons. The van der Waals surface area contributed by atoms with Gasteiger partial charge in [0.2, 0.25) is 0 Å². The first kappa shape index (κ1) is 16.0. The minimum Gasteiger partial charge on any atom is -0.459 e. The smallest absolute Gasteiger partial charge is 0.289 e. The van der Waals surface area contributed by atoms with Crippen LogP contribution in [0.1, 0.15) is 21.0 Å². The van der Waals surface area contributed by atoms with Crippen molar-refractivity contribution in [3.63, 3.8) is 0 Å². The van der Waals surface area contributed by atoms with Crippen LogP contribution >= 0.6 is 0 Å². The van der Waals surface area contributed by atoms with E-state index < -0.39 is 0 Å². The lowest BCUT2D eigenvalue weighted by molar-refractivity contribution is 0.0514. The van der Waals surface area contributed by atoms with Gasteiger partial charge in [0.1, 0.15) is 6.33 Å². The summed E-state index contributed by atoms with van der Waals surface area (Å²) in [5.41, 5.74) is 0.277. The van der Waals surface area contributed by atoms with Crippen LogP contribution in [0, 0.1) is 0 Å². The molecule has 3 aromatic rings. The summed E-state index contributed by atoms with van der Waals surface area (Å²) in [6.45, 7) is 1.78. The summed E-state index contributed by atoms with van der Waals surface area (Å²) in [5.74, 6) is 0.546. The monoisotopic (exact) mass is 352 g/mol. The Kier molecular flexibility index (Phi) is 4.18. The van der Waals surface area contributed by atoms with Crippen LogP contribution in [0.5, 0.6) is 0 Å². The largest absolute Gasteiger partial charge is 0.459 e. The van der Waals surface area contributed by atoms with Gasteiger partial charge in [-0.3, -0.25) is 14.2 Å². The zero-order chi connectivity index (χ0) is 17.9. The second kappa shape index (κ2) is 6.79. The normalized spacial score (nSPS) is 14.5. The molecule has 1 saturated heterocycles. The first-order valence-electron chi connectivity index (χ1n) is 8.16. The predicted molar refractivity (Wildman–Crippen MR) is 89.7 cm³/mol. The van der Waals surface area contributed by atoms with E-state index in [0.717, 1.165) is 0 Å². The van der Waals surface area contributed by atoms with Gasteiger partial charge in [-0.05, 0) is 24.3 Å². The minimum absolute atomic E-state index is 0.161. The number of aromatic nitrogens is 4. The minimum atomic E-state index is -0.195. The summed E-state index contributed by atoms with van der Waals surface area (Å²) < 4.78 is 6.85. The van der Waals surface area contributed by atoms with E-state index in [0.29, 0.717) is 37.8 Å². The Bertz CT molecular complexity index is 881. The number of carbonyl (C=O) groups is 2. The summed E-state index contributed by atoms with van der Waals surface area (Å²) >= 11 is 0. The number of carbonyl (C=O) groups excluding carboxylic acids is 2. The van der Waals surface area contributed by atoms with Gasteiger partial charge in [0.25, 0.3) is 11.8 Å². The third kappa shape index (κ3) is 3.06. The lowest BCUT2D eigenvalue weighted by atomic mass is 10.2. The average molecular weight is 352 g/mol. The Morgan fingerprint density at radius 1 is 0.962 bits per heavy atom. The molecule has 1 aliphatic heterocycles. The van der Waals surface area contributed by atoms with Crippen molar-refractivity contribution in [1.82, 2.24) is 29.5 Å². The average Bonchev–Trinajstić information content (AvgIpc) is 3.41. The van der Waals surface area contributed by atoms with Crippen LogP contribution < -0.4 is 0 Å². The van der Waals surface area contributed by atoms with Crippen molar-refractivity contribution in [3.8, 4) is 5.82 Å². The van der Waals surface area contributed by atoms with E-state index in [9.17, 15) is 9.59 Å². The number of amides is 2. The molecule has 4 heterocycles. The highest BCUT2D eigenvalue weighted by Crippen LogP contribution is 2.12. The van der Waals surface area contributed by atoms with Gasteiger partial charge in [-0.1, -0.05) is 0 Å². The van der Waals surface area contributed by atoms with Crippen molar-refractivity contribution in [2.24, 2.45) is 0 Å². The van der Waals surface area contributed by atoms with E-state index in [-0.39, 0.29) is 17.5 Å². The first-order valence-corrected chi connectivity index (χ1v) is 8.16. The molecule has 3 aromatic heterocycles. The molecule has 0 aliphatic carbocycles. The van der Waals surface area contributed by atoms with Gasteiger partial charge < -0.3 is 14.2 Å². The summed E-state index contributed by atoms with van der Waals surface area (Å²) in [6.07, 6.45) is 6.48. The van der Waals surface area contributed by atoms with Crippen LogP contribution in [0.2, 0.25) is 0 Å². The SMILES string of the molecule is O=C(c1ccc(-n2ccnc2)nn1)N1CCN(C(=O)c2ccco2)CC1. The quantitative estimate of drug-likeness (QED) is 0.693. The Hall–Kier alpha value is -3.49. The van der Waals surface area contributed by atoms with Crippen LogP contribution in [0.15, 0.2) is 53.7 Å². The standard InChI is InChI=1S/C17H16N6O3/c24-16(13-3-4-15(20-19-13)23-6-5-18-12-23)21-7-9-22(10-8-21)17(25)14-2-1-11-26-14/h1-6,11-12H,7-10H2. The molecule has 0 radical (unpaired) electrons. The molecular weight excluding hydrogens is 336 g/mol. The van der Waals surface area contributed by atoms with E-state index >= 15 is 0 Å². The second-order valence-electron chi connectivity index (χ2n) is 5.81. The maximum absolute atomic E-state index is 12.6. The van der Waals surface area contributed by atoms with E-state index in [1.165, 1.54) is 6.26 Å². The third-order valence-corrected chi connectivity index (χ3v) is 4.22. The van der Waals surface area contributed by atoms with Crippen molar-refractivity contribution in [2.75, 3.05) is 26.2 Å². The maximum Gasteiger partial charge on any atom is 0.289 e. The fraction of sp³-hybridized carbons (Fsp3) is 0.235. The number of piperazine rings is 1. The number of nitrogens with zero attached hydrogens (tertiary/aromatic N) is 6. The van der Waals surface area contributed by atoms with Gasteiger partial charge in [-0.15, -0.1) is 10.2 Å². The Balaban J connectivity index is 1.38. The topological polar surface area (TPSA) is 97.4 Å². The number of hydrogen-bond donors (Lipinski definition) is 0. The fourth-order valence-electron chi connectivity index (χ4n) is 2.80. The van der Waals surface area contributed by atoms with E-state index in [4.69, 9.17) is 4.42 Å². The van der Waals surface area contributed by atoms with Crippen LogP contribution in [-0.2, 0) is 0 Å². The van der Waals surface area contributed by atoms with Crippen molar-refractivity contribution in [3.05, 3.63) is 60.7 Å². The van der Waals surface area contributed by atoms with Crippen molar-refractivity contribution in [1.29, 1.82) is 0 Å². The van der Waals surface area contributed by atoms with Gasteiger partial charge in [0.05, 0.1) is 6.26 Å². The molecule has 0 atom stereocenters.